The van der Waals surface area contributed by atoms with Crippen LogP contribution in [0, 0.1) is 23.0 Å². The average molecular weight is 317 g/mol. The fourth-order valence-corrected chi connectivity index (χ4v) is 2.99. The Morgan fingerprint density at radius 3 is 2.82 bits per heavy atom. The van der Waals surface area contributed by atoms with Crippen LogP contribution in [-0.2, 0) is 11.3 Å². The molecule has 1 amide bonds. The lowest BCUT2D eigenvalue weighted by atomic mass is 10.1. The molecule has 1 aliphatic carbocycles. The molecule has 1 aromatic carbocycles. The fraction of sp³-hybridized carbons (Fsp3) is 0.333. The maximum atomic E-state index is 12.0. The second kappa shape index (κ2) is 5.84. The third-order valence-corrected chi connectivity index (χ3v) is 4.48. The molecule has 114 valence electrons. The van der Waals surface area contributed by atoms with E-state index in [4.69, 9.17) is 0 Å². The Balaban J connectivity index is 1.77. The summed E-state index contributed by atoms with van der Waals surface area (Å²) in [5.74, 6) is -0.938. The van der Waals surface area contributed by atoms with Crippen molar-refractivity contribution in [2.45, 2.75) is 25.9 Å². The van der Waals surface area contributed by atoms with E-state index in [2.05, 4.69) is 4.99 Å². The van der Waals surface area contributed by atoms with Gasteiger partial charge in [-0.2, -0.15) is 4.99 Å². The second-order valence-electron chi connectivity index (χ2n) is 5.44. The third kappa shape index (κ3) is 3.14. The van der Waals surface area contributed by atoms with E-state index in [-0.39, 0.29) is 5.91 Å². The Morgan fingerprint density at radius 1 is 1.45 bits per heavy atom. The van der Waals surface area contributed by atoms with Gasteiger partial charge >= 0.3 is 0 Å². The molecule has 22 heavy (non-hydrogen) atoms. The minimum Gasteiger partial charge on any atom is -0.319 e. The average Bonchev–Trinajstić information content (AvgIpc) is 3.19. The lowest BCUT2D eigenvalue weighted by Crippen LogP contribution is -2.18. The molecule has 7 heteroatoms. The lowest BCUT2D eigenvalue weighted by molar-refractivity contribution is -0.497. The number of thiazole rings is 1. The summed E-state index contributed by atoms with van der Waals surface area (Å²) in [5.41, 5.74) is 2.31. The van der Waals surface area contributed by atoms with Gasteiger partial charge in [-0.25, -0.2) is 0 Å². The third-order valence-electron chi connectivity index (χ3n) is 3.68. The quantitative estimate of drug-likeness (QED) is 0.639. The molecule has 3 rings (SSSR count). The molecule has 0 radical (unpaired) electrons. The molecule has 2 aromatic rings. The van der Waals surface area contributed by atoms with Crippen molar-refractivity contribution in [3.63, 3.8) is 0 Å². The number of aromatic nitrogens is 1. The maximum Gasteiger partial charge on any atom is 0.258 e. The molecule has 2 atom stereocenters. The highest BCUT2D eigenvalue weighted by Crippen LogP contribution is 2.33. The normalized spacial score (nSPS) is 20.9. The Labute approximate surface area is 130 Å². The minimum atomic E-state index is -0.748. The predicted molar refractivity (Wildman–Crippen MR) is 82.0 cm³/mol. The fourth-order valence-electron chi connectivity index (χ4n) is 2.25. The van der Waals surface area contributed by atoms with Gasteiger partial charge in [-0.3, -0.25) is 14.9 Å². The molecule has 1 heterocycles. The largest absolute Gasteiger partial charge is 0.319 e. The molecule has 1 saturated carbocycles. The number of amides is 1. The summed E-state index contributed by atoms with van der Waals surface area (Å²) < 4.78 is 1.89. The zero-order chi connectivity index (χ0) is 15.7. The Kier molecular flexibility index (Phi) is 3.89. The first-order valence-corrected chi connectivity index (χ1v) is 7.84. The van der Waals surface area contributed by atoms with Crippen LogP contribution in [-0.4, -0.2) is 21.4 Å². The topological polar surface area (TPSA) is 77.5 Å². The molecule has 0 saturated heterocycles. The van der Waals surface area contributed by atoms with Crippen molar-refractivity contribution in [2.24, 2.45) is 10.9 Å². The van der Waals surface area contributed by atoms with Crippen LogP contribution in [0.25, 0.3) is 0 Å². The number of benzene rings is 1. The van der Waals surface area contributed by atoms with Gasteiger partial charge in [0.25, 0.3) is 5.91 Å². The Hall–Kier alpha value is -2.28. The summed E-state index contributed by atoms with van der Waals surface area (Å²) in [6, 6.07) is 7.40. The highest BCUT2D eigenvalue weighted by atomic mass is 32.1. The molecule has 0 spiro atoms. The van der Waals surface area contributed by atoms with Crippen LogP contribution < -0.4 is 4.80 Å². The van der Waals surface area contributed by atoms with Gasteiger partial charge in [0.2, 0.25) is 6.04 Å². The second-order valence-corrected chi connectivity index (χ2v) is 6.32. The van der Waals surface area contributed by atoms with Gasteiger partial charge in [0.1, 0.15) is 5.92 Å². The van der Waals surface area contributed by atoms with E-state index in [1.54, 1.807) is 0 Å². The van der Waals surface area contributed by atoms with Gasteiger partial charge < -0.3 is 4.57 Å². The minimum absolute atomic E-state index is 0.304. The number of rotatable bonds is 4. The van der Waals surface area contributed by atoms with Gasteiger partial charge in [0.15, 0.2) is 4.80 Å². The summed E-state index contributed by atoms with van der Waals surface area (Å²) in [6.45, 7) is 2.65. The van der Waals surface area contributed by atoms with E-state index in [9.17, 15) is 14.9 Å². The Morgan fingerprint density at radius 2 is 2.18 bits per heavy atom. The molecule has 6 nitrogen and oxygen atoms in total. The van der Waals surface area contributed by atoms with Crippen molar-refractivity contribution in [3.8, 4) is 0 Å². The van der Waals surface area contributed by atoms with Gasteiger partial charge in [-0.1, -0.05) is 29.8 Å². The predicted octanol–water partition coefficient (Wildman–Crippen LogP) is 2.00. The number of nitrogens with zero attached hydrogens (tertiary/aromatic N) is 3. The van der Waals surface area contributed by atoms with E-state index in [1.807, 2.05) is 47.3 Å². The highest BCUT2D eigenvalue weighted by Gasteiger charge is 2.53. The van der Waals surface area contributed by atoms with Crippen molar-refractivity contribution in [3.05, 3.63) is 61.9 Å². The van der Waals surface area contributed by atoms with Gasteiger partial charge in [-0.05, 0) is 12.5 Å². The number of hydrogen-bond acceptors (Lipinski definition) is 4. The van der Waals surface area contributed by atoms with Crippen LogP contribution >= 0.6 is 11.3 Å². The monoisotopic (exact) mass is 317 g/mol. The first-order chi connectivity index (χ1) is 10.5. The lowest BCUT2D eigenvalue weighted by Gasteiger charge is -2.03. The van der Waals surface area contributed by atoms with Crippen molar-refractivity contribution < 1.29 is 9.72 Å². The SMILES string of the molecule is Cc1ccc(Cn2ccsc2=NC(=O)[C@H]2C[C@H]2[N+](=O)[O-])cc1. The molecule has 0 bridgehead atoms. The van der Waals surface area contributed by atoms with Crippen molar-refractivity contribution in [1.29, 1.82) is 0 Å². The van der Waals surface area contributed by atoms with E-state index >= 15 is 0 Å². The number of carbonyl (C=O) groups excluding carboxylic acids is 1. The van der Waals surface area contributed by atoms with E-state index in [0.717, 1.165) is 5.56 Å². The molecular formula is C15H15N3O3S. The number of carbonyl (C=O) groups is 1. The van der Waals surface area contributed by atoms with E-state index in [1.165, 1.54) is 16.9 Å². The Bertz CT molecular complexity index is 776. The smallest absolute Gasteiger partial charge is 0.258 e. The van der Waals surface area contributed by atoms with Crippen molar-refractivity contribution >= 4 is 17.2 Å². The summed E-state index contributed by atoms with van der Waals surface area (Å²) >= 11 is 1.36. The van der Waals surface area contributed by atoms with Crippen LogP contribution in [0.5, 0.6) is 0 Å². The van der Waals surface area contributed by atoms with Gasteiger partial charge in [-0.15, -0.1) is 11.3 Å². The molecule has 0 N–H and O–H groups in total. The van der Waals surface area contributed by atoms with Crippen LogP contribution in [0.2, 0.25) is 0 Å². The van der Waals surface area contributed by atoms with Crippen molar-refractivity contribution in [2.75, 3.05) is 0 Å². The van der Waals surface area contributed by atoms with Gasteiger partial charge in [0.05, 0.1) is 0 Å². The number of aryl methyl sites for hydroxylation is 1. The van der Waals surface area contributed by atoms with Crippen molar-refractivity contribution in [1.82, 2.24) is 4.57 Å². The number of nitro groups is 1. The number of hydrogen-bond donors (Lipinski definition) is 0. The molecule has 1 aliphatic rings. The zero-order valence-electron chi connectivity index (χ0n) is 12.0. The van der Waals surface area contributed by atoms with Crippen LogP contribution in [0.15, 0.2) is 40.8 Å². The molecule has 1 aromatic heterocycles. The van der Waals surface area contributed by atoms with E-state index < -0.39 is 16.9 Å². The first kappa shape index (κ1) is 14.6. The summed E-state index contributed by atoms with van der Waals surface area (Å²) in [7, 11) is 0. The first-order valence-electron chi connectivity index (χ1n) is 6.96. The summed E-state index contributed by atoms with van der Waals surface area (Å²) in [4.78, 5) is 26.8. The molecule has 0 aliphatic heterocycles. The molecule has 0 unspecified atom stereocenters. The summed E-state index contributed by atoms with van der Waals surface area (Å²) in [5, 5.41) is 12.5. The maximum absolute atomic E-state index is 12.0. The van der Waals surface area contributed by atoms with Crippen LogP contribution in [0.4, 0.5) is 0 Å². The van der Waals surface area contributed by atoms with Crippen LogP contribution in [0.3, 0.4) is 0 Å². The molecule has 1 fully saturated rings. The zero-order valence-corrected chi connectivity index (χ0v) is 12.8. The van der Waals surface area contributed by atoms with Gasteiger partial charge in [0, 0.05) is 29.5 Å². The summed E-state index contributed by atoms with van der Waals surface area (Å²) in [6.07, 6.45) is 2.17. The van der Waals surface area contributed by atoms with Crippen LogP contribution in [0.1, 0.15) is 17.5 Å². The molecular weight excluding hydrogens is 302 g/mol. The van der Waals surface area contributed by atoms with E-state index in [0.29, 0.717) is 17.8 Å². The highest BCUT2D eigenvalue weighted by molar-refractivity contribution is 7.07. The standard InChI is InChI=1S/C15H15N3O3S/c1-10-2-4-11(5-3-10)9-17-6-7-22-15(17)16-14(19)12-8-13(12)18(20)21/h2-7,12-13H,8-9H2,1H3/t12-,13+/m0/s1.